The molecule has 0 aliphatic heterocycles. The van der Waals surface area contributed by atoms with Crippen LogP contribution in [0.2, 0.25) is 0 Å². The Balaban J connectivity index is 1.75. The number of thiazole rings is 1. The predicted octanol–water partition coefficient (Wildman–Crippen LogP) is 2.95. The normalized spacial score (nSPS) is 10.8. The summed E-state index contributed by atoms with van der Waals surface area (Å²) < 4.78 is 0. The van der Waals surface area contributed by atoms with Gasteiger partial charge in [-0.25, -0.2) is 4.98 Å². The quantitative estimate of drug-likeness (QED) is 0.691. The number of H-pyrrole nitrogens is 1. The van der Waals surface area contributed by atoms with Gasteiger partial charge in [-0.2, -0.15) is 15.4 Å². The van der Waals surface area contributed by atoms with Crippen LogP contribution in [0.15, 0.2) is 29.1 Å². The summed E-state index contributed by atoms with van der Waals surface area (Å²) in [7, 11) is 0. The number of carbonyl (C=O) groups excluding carboxylic acids is 1. The molecule has 0 radical (unpaired) electrons. The van der Waals surface area contributed by atoms with Crippen molar-refractivity contribution in [1.29, 1.82) is 0 Å². The third-order valence-electron chi connectivity index (χ3n) is 2.84. The molecule has 0 aliphatic rings. The summed E-state index contributed by atoms with van der Waals surface area (Å²) in [5.74, 6) is 0.436. The number of thiophene rings is 1. The summed E-state index contributed by atoms with van der Waals surface area (Å²) in [4.78, 5) is 19.9. The molecule has 0 unspecified atom stereocenters. The fraction of sp³-hybridized carbons (Fsp3) is 0.231. The molecule has 0 saturated carbocycles. The predicted molar refractivity (Wildman–Crippen MR) is 90.1 cm³/mol. The Morgan fingerprint density at radius 1 is 1.45 bits per heavy atom. The second-order valence-electron chi connectivity index (χ2n) is 4.40. The minimum Gasteiger partial charge on any atom is -0.322 e. The zero-order chi connectivity index (χ0) is 15.4. The maximum Gasteiger partial charge on any atom is 0.277 e. The van der Waals surface area contributed by atoms with Gasteiger partial charge in [0.2, 0.25) is 0 Å². The number of hydrogen-bond acceptors (Lipinski definition) is 7. The van der Waals surface area contributed by atoms with Crippen molar-refractivity contribution in [1.82, 2.24) is 25.3 Å². The van der Waals surface area contributed by atoms with Gasteiger partial charge in [-0.3, -0.25) is 4.79 Å². The maximum absolute atomic E-state index is 12.4. The highest BCUT2D eigenvalue weighted by atomic mass is 32.2. The average molecular weight is 351 g/mol. The van der Waals surface area contributed by atoms with Crippen molar-refractivity contribution < 1.29 is 4.79 Å². The molecule has 0 spiro atoms. The third kappa shape index (κ3) is 3.37. The standard InChI is InChI=1S/C13H13N5OS3/c1-20-8-18(13(19)10-5-14-17-16-10)6-9-7-22-12(15-9)11-3-2-4-21-11/h2-5,7H,6,8H2,1H3,(H,14,16,17). The smallest absolute Gasteiger partial charge is 0.277 e. The minimum absolute atomic E-state index is 0.145. The van der Waals surface area contributed by atoms with Crippen molar-refractivity contribution in [2.45, 2.75) is 6.54 Å². The molecule has 3 aromatic rings. The molecular formula is C13H13N5OS3. The van der Waals surface area contributed by atoms with Gasteiger partial charge in [0, 0.05) is 5.38 Å². The molecule has 0 fully saturated rings. The largest absolute Gasteiger partial charge is 0.322 e. The van der Waals surface area contributed by atoms with Gasteiger partial charge in [-0.05, 0) is 17.7 Å². The topological polar surface area (TPSA) is 74.8 Å². The molecule has 1 N–H and O–H groups in total. The maximum atomic E-state index is 12.4. The molecule has 114 valence electrons. The number of nitrogens with one attached hydrogen (secondary N) is 1. The van der Waals surface area contributed by atoms with E-state index in [1.165, 1.54) is 6.20 Å². The van der Waals surface area contributed by atoms with Gasteiger partial charge in [-0.15, -0.1) is 34.4 Å². The van der Waals surface area contributed by atoms with Crippen LogP contribution in [0, 0.1) is 0 Å². The molecule has 6 nitrogen and oxygen atoms in total. The first-order valence-electron chi connectivity index (χ1n) is 6.40. The Morgan fingerprint density at radius 3 is 3.05 bits per heavy atom. The first kappa shape index (κ1) is 15.2. The van der Waals surface area contributed by atoms with Crippen molar-refractivity contribution in [3.63, 3.8) is 0 Å². The number of amides is 1. The van der Waals surface area contributed by atoms with Gasteiger partial charge in [0.15, 0.2) is 5.69 Å². The SMILES string of the molecule is CSCN(Cc1csc(-c2cccs2)n1)C(=O)c1cn[nH]n1. The molecule has 0 aromatic carbocycles. The first-order valence-corrected chi connectivity index (χ1v) is 9.55. The van der Waals surface area contributed by atoms with E-state index < -0.39 is 0 Å². The summed E-state index contributed by atoms with van der Waals surface area (Å²) in [6.07, 6.45) is 3.40. The molecule has 3 heterocycles. The van der Waals surface area contributed by atoms with Crippen LogP contribution in [0.25, 0.3) is 9.88 Å². The number of aromatic nitrogens is 4. The Labute approximate surface area is 139 Å². The fourth-order valence-electron chi connectivity index (χ4n) is 1.89. The van der Waals surface area contributed by atoms with E-state index in [1.807, 2.05) is 29.1 Å². The molecule has 0 bridgehead atoms. The molecule has 3 aromatic heterocycles. The molecule has 0 saturated heterocycles. The Kier molecular flexibility index (Phi) is 4.86. The van der Waals surface area contributed by atoms with Crippen LogP contribution < -0.4 is 0 Å². The van der Waals surface area contributed by atoms with Gasteiger partial charge >= 0.3 is 0 Å². The third-order valence-corrected chi connectivity index (χ3v) is 5.34. The van der Waals surface area contributed by atoms with Crippen molar-refractivity contribution in [3.8, 4) is 9.88 Å². The number of carbonyl (C=O) groups is 1. The number of aromatic amines is 1. The first-order chi connectivity index (χ1) is 10.8. The lowest BCUT2D eigenvalue weighted by atomic mass is 10.3. The summed E-state index contributed by atoms with van der Waals surface area (Å²) in [6, 6.07) is 4.06. The van der Waals surface area contributed by atoms with E-state index in [9.17, 15) is 4.79 Å². The lowest BCUT2D eigenvalue weighted by Gasteiger charge is -2.19. The summed E-state index contributed by atoms with van der Waals surface area (Å²) in [5.41, 5.74) is 1.21. The summed E-state index contributed by atoms with van der Waals surface area (Å²) >= 11 is 4.84. The lowest BCUT2D eigenvalue weighted by Crippen LogP contribution is -2.30. The summed E-state index contributed by atoms with van der Waals surface area (Å²) in [6.45, 7) is 0.467. The van der Waals surface area contributed by atoms with Gasteiger partial charge in [0.25, 0.3) is 5.91 Å². The second-order valence-corrected chi connectivity index (χ2v) is 7.04. The number of hydrogen-bond donors (Lipinski definition) is 1. The van der Waals surface area contributed by atoms with Crippen LogP contribution in [0.4, 0.5) is 0 Å². The molecular weight excluding hydrogens is 338 g/mol. The molecule has 9 heteroatoms. The monoisotopic (exact) mass is 351 g/mol. The van der Waals surface area contributed by atoms with Crippen LogP contribution in [0.1, 0.15) is 16.2 Å². The van der Waals surface area contributed by atoms with Crippen LogP contribution >= 0.6 is 34.4 Å². The molecule has 0 atom stereocenters. The van der Waals surface area contributed by atoms with Crippen LogP contribution in [-0.2, 0) is 6.54 Å². The highest BCUT2D eigenvalue weighted by Gasteiger charge is 2.19. The van der Waals surface area contributed by atoms with E-state index in [4.69, 9.17) is 0 Å². The van der Waals surface area contributed by atoms with E-state index in [-0.39, 0.29) is 5.91 Å². The zero-order valence-corrected chi connectivity index (χ0v) is 14.2. The van der Waals surface area contributed by atoms with Crippen molar-refractivity contribution in [3.05, 3.63) is 40.5 Å². The van der Waals surface area contributed by atoms with E-state index in [0.717, 1.165) is 15.6 Å². The van der Waals surface area contributed by atoms with Crippen LogP contribution in [-0.4, -0.2) is 43.3 Å². The summed E-state index contributed by atoms with van der Waals surface area (Å²) in [5, 5.41) is 15.0. The Bertz CT molecular complexity index is 723. The highest BCUT2D eigenvalue weighted by molar-refractivity contribution is 7.98. The lowest BCUT2D eigenvalue weighted by molar-refractivity contribution is 0.0768. The van der Waals surface area contributed by atoms with E-state index in [0.29, 0.717) is 18.1 Å². The van der Waals surface area contributed by atoms with E-state index >= 15 is 0 Å². The van der Waals surface area contributed by atoms with E-state index in [2.05, 4.69) is 20.4 Å². The molecule has 0 aliphatic carbocycles. The Hall–Kier alpha value is -1.71. The van der Waals surface area contributed by atoms with Gasteiger partial charge in [0.1, 0.15) is 5.01 Å². The second kappa shape index (κ2) is 7.03. The minimum atomic E-state index is -0.145. The number of rotatable bonds is 6. The molecule has 1 amide bonds. The van der Waals surface area contributed by atoms with Crippen molar-refractivity contribution in [2.75, 3.05) is 12.1 Å². The van der Waals surface area contributed by atoms with E-state index in [1.54, 1.807) is 39.3 Å². The van der Waals surface area contributed by atoms with Crippen molar-refractivity contribution in [2.24, 2.45) is 0 Å². The number of nitrogens with zero attached hydrogens (tertiary/aromatic N) is 4. The zero-order valence-electron chi connectivity index (χ0n) is 11.7. The van der Waals surface area contributed by atoms with Gasteiger partial charge in [-0.1, -0.05) is 6.07 Å². The average Bonchev–Trinajstić information content (AvgIpc) is 3.26. The molecule has 22 heavy (non-hydrogen) atoms. The molecule has 3 rings (SSSR count). The van der Waals surface area contributed by atoms with Crippen LogP contribution in [0.5, 0.6) is 0 Å². The van der Waals surface area contributed by atoms with Crippen molar-refractivity contribution >= 4 is 40.3 Å². The van der Waals surface area contributed by atoms with Gasteiger partial charge in [0.05, 0.1) is 29.2 Å². The Morgan fingerprint density at radius 2 is 2.36 bits per heavy atom. The highest BCUT2D eigenvalue weighted by Crippen LogP contribution is 2.28. The number of thioether (sulfide) groups is 1. The van der Waals surface area contributed by atoms with Gasteiger partial charge < -0.3 is 4.90 Å². The van der Waals surface area contributed by atoms with Crippen LogP contribution in [0.3, 0.4) is 0 Å². The fourth-order valence-corrected chi connectivity index (χ4v) is 4.03.